The highest BCUT2D eigenvalue weighted by Gasteiger charge is 2.15. The number of nitrogens with one attached hydrogen (secondary N) is 2. The van der Waals surface area contributed by atoms with Crippen molar-refractivity contribution >= 4 is 15.7 Å². The Morgan fingerprint density at radius 1 is 1.25 bits per heavy atom. The molecule has 24 heavy (non-hydrogen) atoms. The first-order chi connectivity index (χ1) is 11.2. The summed E-state index contributed by atoms with van der Waals surface area (Å²) in [7, 11) is -3.03. The molecule has 7 heteroatoms. The molecule has 1 atom stereocenters. The fraction of sp³-hybridized carbons (Fsp3) is 0.412. The fourth-order valence-corrected chi connectivity index (χ4v) is 3.03. The van der Waals surface area contributed by atoms with Crippen LogP contribution in [0.2, 0.25) is 0 Å². The molecule has 0 saturated carbocycles. The lowest BCUT2D eigenvalue weighted by Crippen LogP contribution is -2.34. The highest BCUT2D eigenvalue weighted by atomic mass is 32.2. The number of amides is 1. The molecule has 0 aliphatic carbocycles. The van der Waals surface area contributed by atoms with Gasteiger partial charge in [0.05, 0.1) is 11.4 Å². The zero-order valence-corrected chi connectivity index (χ0v) is 15.2. The molecule has 1 heterocycles. The molecule has 2 N–H and O–H groups in total. The monoisotopic (exact) mass is 349 g/mol. The van der Waals surface area contributed by atoms with Gasteiger partial charge in [0.2, 0.25) is 0 Å². The standard InChI is InChI=1S/C17H23N3O3S/c1-11-5-6-14(9-12(11)2)15-10-16(20-19-15)17(21)18-13(3)7-8-24(4,22)23/h5-6,9-10,13H,7-8H2,1-4H3,(H,18,21)(H,19,20). The summed E-state index contributed by atoms with van der Waals surface area (Å²) in [5.41, 5.74) is 4.36. The van der Waals surface area contributed by atoms with E-state index in [4.69, 9.17) is 0 Å². The summed E-state index contributed by atoms with van der Waals surface area (Å²) in [4.78, 5) is 12.2. The van der Waals surface area contributed by atoms with Crippen LogP contribution < -0.4 is 5.32 Å². The molecule has 0 bridgehead atoms. The zero-order chi connectivity index (χ0) is 17.9. The number of aromatic nitrogens is 2. The Kier molecular flexibility index (Phi) is 5.43. The van der Waals surface area contributed by atoms with Crippen LogP contribution in [0, 0.1) is 13.8 Å². The minimum Gasteiger partial charge on any atom is -0.348 e. The summed E-state index contributed by atoms with van der Waals surface area (Å²) >= 11 is 0. The van der Waals surface area contributed by atoms with Gasteiger partial charge in [-0.05, 0) is 50.5 Å². The van der Waals surface area contributed by atoms with Crippen LogP contribution in [-0.4, -0.2) is 42.6 Å². The van der Waals surface area contributed by atoms with Crippen LogP contribution in [0.15, 0.2) is 24.3 Å². The molecule has 6 nitrogen and oxygen atoms in total. The lowest BCUT2D eigenvalue weighted by atomic mass is 10.0. The number of sulfone groups is 1. The third kappa shape index (κ3) is 4.92. The van der Waals surface area contributed by atoms with Gasteiger partial charge < -0.3 is 5.32 Å². The second kappa shape index (κ2) is 7.17. The Morgan fingerprint density at radius 2 is 1.96 bits per heavy atom. The Hall–Kier alpha value is -2.15. The molecular formula is C17H23N3O3S. The van der Waals surface area contributed by atoms with E-state index in [-0.39, 0.29) is 17.7 Å². The number of aromatic amines is 1. The van der Waals surface area contributed by atoms with E-state index in [1.807, 2.05) is 32.0 Å². The highest BCUT2D eigenvalue weighted by Crippen LogP contribution is 2.20. The second-order valence-electron chi connectivity index (χ2n) is 6.26. The first-order valence-electron chi connectivity index (χ1n) is 7.77. The summed E-state index contributed by atoms with van der Waals surface area (Å²) in [6.45, 7) is 5.85. The largest absolute Gasteiger partial charge is 0.348 e. The smallest absolute Gasteiger partial charge is 0.269 e. The highest BCUT2D eigenvalue weighted by molar-refractivity contribution is 7.90. The number of nitrogens with zero attached hydrogens (tertiary/aromatic N) is 1. The van der Waals surface area contributed by atoms with E-state index in [9.17, 15) is 13.2 Å². The fourth-order valence-electron chi connectivity index (χ4n) is 2.25. The Balaban J connectivity index is 2.04. The molecular weight excluding hydrogens is 326 g/mol. The minimum absolute atomic E-state index is 0.0469. The summed E-state index contributed by atoms with van der Waals surface area (Å²) in [5.74, 6) is -0.246. The number of rotatable bonds is 6. The van der Waals surface area contributed by atoms with Gasteiger partial charge in [0.1, 0.15) is 15.5 Å². The summed E-state index contributed by atoms with van der Waals surface area (Å²) in [5, 5.41) is 9.70. The zero-order valence-electron chi connectivity index (χ0n) is 14.4. The molecule has 0 fully saturated rings. The summed E-state index contributed by atoms with van der Waals surface area (Å²) in [6.07, 6.45) is 1.56. The van der Waals surface area contributed by atoms with Crippen LogP contribution in [0.5, 0.6) is 0 Å². The third-order valence-corrected chi connectivity index (χ3v) is 4.90. The van der Waals surface area contributed by atoms with E-state index in [0.29, 0.717) is 17.8 Å². The van der Waals surface area contributed by atoms with E-state index in [1.54, 1.807) is 13.0 Å². The van der Waals surface area contributed by atoms with Crippen LogP contribution in [-0.2, 0) is 9.84 Å². The molecule has 1 aromatic heterocycles. The molecule has 1 unspecified atom stereocenters. The van der Waals surface area contributed by atoms with E-state index in [0.717, 1.165) is 11.1 Å². The lowest BCUT2D eigenvalue weighted by molar-refractivity contribution is 0.0934. The maximum atomic E-state index is 12.2. The number of benzene rings is 1. The first kappa shape index (κ1) is 18.2. The van der Waals surface area contributed by atoms with Gasteiger partial charge in [0.25, 0.3) is 5.91 Å². The molecule has 0 saturated heterocycles. The van der Waals surface area contributed by atoms with Crippen LogP contribution in [0.1, 0.15) is 35.0 Å². The van der Waals surface area contributed by atoms with Gasteiger partial charge in [-0.15, -0.1) is 0 Å². The number of hydrogen-bond acceptors (Lipinski definition) is 4. The quantitative estimate of drug-likeness (QED) is 0.836. The van der Waals surface area contributed by atoms with E-state index < -0.39 is 9.84 Å². The van der Waals surface area contributed by atoms with E-state index in [1.165, 1.54) is 11.8 Å². The van der Waals surface area contributed by atoms with Crippen molar-refractivity contribution in [2.45, 2.75) is 33.2 Å². The van der Waals surface area contributed by atoms with Crippen molar-refractivity contribution in [2.24, 2.45) is 0 Å². The molecule has 0 aliphatic heterocycles. The van der Waals surface area contributed by atoms with Crippen LogP contribution >= 0.6 is 0 Å². The van der Waals surface area contributed by atoms with Crippen LogP contribution in [0.25, 0.3) is 11.3 Å². The SMILES string of the molecule is Cc1ccc(-c2cc(C(=O)NC(C)CCS(C)(=O)=O)[nH]n2)cc1C. The molecule has 0 spiro atoms. The Bertz CT molecular complexity index is 841. The first-order valence-corrected chi connectivity index (χ1v) is 9.83. The van der Waals surface area contributed by atoms with Crippen molar-refractivity contribution in [1.29, 1.82) is 0 Å². The molecule has 0 radical (unpaired) electrons. The number of carbonyl (C=O) groups excluding carboxylic acids is 1. The molecule has 2 aromatic rings. The number of carbonyl (C=O) groups is 1. The third-order valence-electron chi connectivity index (χ3n) is 3.92. The van der Waals surface area contributed by atoms with Gasteiger partial charge in [-0.2, -0.15) is 5.10 Å². The maximum absolute atomic E-state index is 12.2. The van der Waals surface area contributed by atoms with Gasteiger partial charge in [0.15, 0.2) is 0 Å². The van der Waals surface area contributed by atoms with Crippen molar-refractivity contribution in [1.82, 2.24) is 15.5 Å². The minimum atomic E-state index is -3.03. The maximum Gasteiger partial charge on any atom is 0.269 e. The Morgan fingerprint density at radius 3 is 2.58 bits per heavy atom. The molecule has 1 amide bonds. The predicted octanol–water partition coefficient (Wildman–Crippen LogP) is 2.25. The van der Waals surface area contributed by atoms with Gasteiger partial charge in [-0.25, -0.2) is 8.42 Å². The molecule has 1 aromatic carbocycles. The normalized spacial score (nSPS) is 12.8. The summed E-state index contributed by atoms with van der Waals surface area (Å²) in [6, 6.07) is 7.48. The van der Waals surface area contributed by atoms with Crippen LogP contribution in [0.4, 0.5) is 0 Å². The van der Waals surface area contributed by atoms with Gasteiger partial charge in [0, 0.05) is 17.9 Å². The topological polar surface area (TPSA) is 91.9 Å². The lowest BCUT2D eigenvalue weighted by Gasteiger charge is -2.12. The van der Waals surface area contributed by atoms with Crippen molar-refractivity contribution in [3.05, 3.63) is 41.1 Å². The number of aryl methyl sites for hydroxylation is 2. The average molecular weight is 349 g/mol. The van der Waals surface area contributed by atoms with E-state index in [2.05, 4.69) is 15.5 Å². The number of H-pyrrole nitrogens is 1. The van der Waals surface area contributed by atoms with Crippen molar-refractivity contribution in [3.8, 4) is 11.3 Å². The summed E-state index contributed by atoms with van der Waals surface area (Å²) < 4.78 is 22.3. The van der Waals surface area contributed by atoms with Crippen molar-refractivity contribution in [2.75, 3.05) is 12.0 Å². The van der Waals surface area contributed by atoms with Gasteiger partial charge in [-0.1, -0.05) is 12.1 Å². The van der Waals surface area contributed by atoms with E-state index >= 15 is 0 Å². The number of hydrogen-bond donors (Lipinski definition) is 2. The van der Waals surface area contributed by atoms with Gasteiger partial charge >= 0.3 is 0 Å². The average Bonchev–Trinajstić information content (AvgIpc) is 2.97. The van der Waals surface area contributed by atoms with Gasteiger partial charge in [-0.3, -0.25) is 9.89 Å². The van der Waals surface area contributed by atoms with Crippen molar-refractivity contribution < 1.29 is 13.2 Å². The predicted molar refractivity (Wildman–Crippen MR) is 94.8 cm³/mol. The molecule has 130 valence electrons. The Labute approximate surface area is 142 Å². The second-order valence-corrected chi connectivity index (χ2v) is 8.52. The molecule has 0 aliphatic rings. The molecule has 2 rings (SSSR count). The van der Waals surface area contributed by atoms with Crippen molar-refractivity contribution in [3.63, 3.8) is 0 Å². The van der Waals surface area contributed by atoms with Crippen LogP contribution in [0.3, 0.4) is 0 Å².